The molecular weight excluding hydrogens is 154 g/mol. The molecule has 0 aliphatic carbocycles. The van der Waals surface area contributed by atoms with Crippen LogP contribution in [0.2, 0.25) is 0 Å². The normalized spacial score (nSPS) is 10.2. The number of aliphatic carboxylic acids is 1. The Morgan fingerprint density at radius 3 is 2.58 bits per heavy atom. The van der Waals surface area contributed by atoms with Gasteiger partial charge in [-0.2, -0.15) is 0 Å². The molecule has 3 nitrogen and oxygen atoms in total. The summed E-state index contributed by atoms with van der Waals surface area (Å²) in [6.45, 7) is 7.47. The fraction of sp³-hybridized carbons (Fsp3) is 0.667. The van der Waals surface area contributed by atoms with Crippen molar-refractivity contribution in [2.24, 2.45) is 0 Å². The first-order chi connectivity index (χ1) is 5.57. The molecule has 0 rings (SSSR count). The second kappa shape index (κ2) is 5.77. The van der Waals surface area contributed by atoms with Gasteiger partial charge in [0.2, 0.25) is 0 Å². The summed E-state index contributed by atoms with van der Waals surface area (Å²) in [6.07, 6.45) is 1.45. The number of carbonyl (C=O) groups is 1. The maximum atomic E-state index is 10.3. The van der Waals surface area contributed by atoms with Gasteiger partial charge in [-0.15, -0.1) is 0 Å². The van der Waals surface area contributed by atoms with Crippen molar-refractivity contribution in [2.45, 2.75) is 19.8 Å². The molecule has 0 amide bonds. The van der Waals surface area contributed by atoms with Gasteiger partial charge in [-0.1, -0.05) is 13.5 Å². The number of hydrogen-bond acceptors (Lipinski definition) is 2. The molecule has 0 radical (unpaired) electrons. The maximum absolute atomic E-state index is 10.3. The molecule has 0 fully saturated rings. The lowest BCUT2D eigenvalue weighted by Crippen LogP contribution is -2.19. The molecule has 0 atom stereocenters. The summed E-state index contributed by atoms with van der Waals surface area (Å²) >= 11 is 0. The molecular formula is C9H17NO2. The van der Waals surface area contributed by atoms with Crippen LogP contribution < -0.4 is 0 Å². The van der Waals surface area contributed by atoms with Crippen molar-refractivity contribution in [2.75, 3.05) is 20.1 Å². The number of carboxylic acid groups (broad SMARTS) is 1. The standard InChI is InChI=1S/C9H17NO2/c1-4-10(3)7-5-6-8(2)9(11)12/h2,4-7H2,1,3H3,(H,11,12). The van der Waals surface area contributed by atoms with E-state index in [2.05, 4.69) is 18.4 Å². The Hall–Kier alpha value is -0.830. The summed E-state index contributed by atoms with van der Waals surface area (Å²) in [5.74, 6) is -0.880. The summed E-state index contributed by atoms with van der Waals surface area (Å²) in [5, 5.41) is 8.49. The van der Waals surface area contributed by atoms with E-state index in [-0.39, 0.29) is 0 Å². The molecule has 3 heteroatoms. The lowest BCUT2D eigenvalue weighted by molar-refractivity contribution is -0.132. The zero-order chi connectivity index (χ0) is 9.56. The molecule has 70 valence electrons. The van der Waals surface area contributed by atoms with Gasteiger partial charge < -0.3 is 10.0 Å². The molecule has 0 aromatic rings. The zero-order valence-corrected chi connectivity index (χ0v) is 7.84. The highest BCUT2D eigenvalue weighted by Crippen LogP contribution is 2.02. The second-order valence-corrected chi connectivity index (χ2v) is 2.91. The van der Waals surface area contributed by atoms with E-state index in [9.17, 15) is 4.79 Å². The fourth-order valence-electron chi connectivity index (χ4n) is 0.827. The molecule has 0 aliphatic heterocycles. The largest absolute Gasteiger partial charge is 0.478 e. The minimum atomic E-state index is -0.880. The van der Waals surface area contributed by atoms with Crippen LogP contribution >= 0.6 is 0 Å². The molecule has 0 saturated carbocycles. The van der Waals surface area contributed by atoms with Crippen molar-refractivity contribution in [1.29, 1.82) is 0 Å². The van der Waals surface area contributed by atoms with Crippen LogP contribution in [0.25, 0.3) is 0 Å². The minimum absolute atomic E-state index is 0.305. The van der Waals surface area contributed by atoms with Gasteiger partial charge in [0.25, 0.3) is 0 Å². The van der Waals surface area contributed by atoms with E-state index in [4.69, 9.17) is 5.11 Å². The molecule has 0 spiro atoms. The van der Waals surface area contributed by atoms with Gasteiger partial charge in [0.1, 0.15) is 0 Å². The topological polar surface area (TPSA) is 40.5 Å². The number of rotatable bonds is 6. The van der Waals surface area contributed by atoms with Crippen molar-refractivity contribution >= 4 is 5.97 Å². The maximum Gasteiger partial charge on any atom is 0.330 e. The highest BCUT2D eigenvalue weighted by atomic mass is 16.4. The van der Waals surface area contributed by atoms with Crippen molar-refractivity contribution < 1.29 is 9.90 Å². The van der Waals surface area contributed by atoms with Crippen LogP contribution in [0, 0.1) is 0 Å². The summed E-state index contributed by atoms with van der Waals surface area (Å²) in [6, 6.07) is 0. The Bertz CT molecular complexity index is 166. The van der Waals surface area contributed by atoms with Gasteiger partial charge in [-0.3, -0.25) is 0 Å². The van der Waals surface area contributed by atoms with Crippen LogP contribution in [0.1, 0.15) is 19.8 Å². The number of carboxylic acids is 1. The van der Waals surface area contributed by atoms with Crippen LogP contribution in [-0.4, -0.2) is 36.1 Å². The van der Waals surface area contributed by atoms with Crippen molar-refractivity contribution in [3.8, 4) is 0 Å². The number of nitrogens with zero attached hydrogens (tertiary/aromatic N) is 1. The van der Waals surface area contributed by atoms with Gasteiger partial charge in [-0.05, 0) is 33.0 Å². The molecule has 0 heterocycles. The summed E-state index contributed by atoms with van der Waals surface area (Å²) in [7, 11) is 2.02. The summed E-state index contributed by atoms with van der Waals surface area (Å²) < 4.78 is 0. The fourth-order valence-corrected chi connectivity index (χ4v) is 0.827. The Balaban J connectivity index is 3.44. The third kappa shape index (κ3) is 4.91. The van der Waals surface area contributed by atoms with Crippen LogP contribution in [0.4, 0.5) is 0 Å². The van der Waals surface area contributed by atoms with Gasteiger partial charge >= 0.3 is 5.97 Å². The summed E-state index contributed by atoms with van der Waals surface area (Å²) in [5.41, 5.74) is 0.305. The van der Waals surface area contributed by atoms with E-state index in [0.717, 1.165) is 19.5 Å². The highest BCUT2D eigenvalue weighted by Gasteiger charge is 2.03. The minimum Gasteiger partial charge on any atom is -0.478 e. The highest BCUT2D eigenvalue weighted by molar-refractivity contribution is 5.85. The van der Waals surface area contributed by atoms with Crippen LogP contribution in [0.5, 0.6) is 0 Å². The van der Waals surface area contributed by atoms with Crippen molar-refractivity contribution in [3.05, 3.63) is 12.2 Å². The smallest absolute Gasteiger partial charge is 0.330 e. The van der Waals surface area contributed by atoms with E-state index in [1.54, 1.807) is 0 Å². The van der Waals surface area contributed by atoms with Crippen LogP contribution in [0.3, 0.4) is 0 Å². The average Bonchev–Trinajstić information content (AvgIpc) is 2.03. The Morgan fingerprint density at radius 2 is 2.17 bits per heavy atom. The molecule has 0 aromatic carbocycles. The molecule has 0 saturated heterocycles. The Kier molecular flexibility index (Phi) is 5.37. The van der Waals surface area contributed by atoms with Gasteiger partial charge in [-0.25, -0.2) is 4.79 Å². The molecule has 0 aliphatic rings. The zero-order valence-electron chi connectivity index (χ0n) is 7.84. The van der Waals surface area contributed by atoms with E-state index >= 15 is 0 Å². The van der Waals surface area contributed by atoms with E-state index < -0.39 is 5.97 Å². The first-order valence-corrected chi connectivity index (χ1v) is 4.17. The quantitative estimate of drug-likeness (QED) is 0.613. The van der Waals surface area contributed by atoms with Gasteiger partial charge in [0.05, 0.1) is 0 Å². The number of hydrogen-bond donors (Lipinski definition) is 1. The Labute approximate surface area is 73.7 Å². The van der Waals surface area contributed by atoms with Crippen LogP contribution in [0.15, 0.2) is 12.2 Å². The third-order valence-electron chi connectivity index (χ3n) is 1.86. The second-order valence-electron chi connectivity index (χ2n) is 2.91. The molecule has 0 bridgehead atoms. The molecule has 1 N–H and O–H groups in total. The van der Waals surface area contributed by atoms with E-state index in [1.807, 2.05) is 7.05 Å². The summed E-state index contributed by atoms with van der Waals surface area (Å²) in [4.78, 5) is 12.5. The average molecular weight is 171 g/mol. The SMILES string of the molecule is C=C(CCCN(C)CC)C(=O)O. The third-order valence-corrected chi connectivity index (χ3v) is 1.86. The molecule has 0 aromatic heterocycles. The van der Waals surface area contributed by atoms with Crippen LogP contribution in [-0.2, 0) is 4.79 Å². The monoisotopic (exact) mass is 171 g/mol. The Morgan fingerprint density at radius 1 is 1.58 bits per heavy atom. The van der Waals surface area contributed by atoms with E-state index in [1.165, 1.54) is 0 Å². The van der Waals surface area contributed by atoms with Gasteiger partial charge in [0, 0.05) is 5.57 Å². The van der Waals surface area contributed by atoms with E-state index in [0.29, 0.717) is 12.0 Å². The van der Waals surface area contributed by atoms with Gasteiger partial charge in [0.15, 0.2) is 0 Å². The predicted octanol–water partition coefficient (Wildman–Crippen LogP) is 1.36. The lowest BCUT2D eigenvalue weighted by Gasteiger charge is -2.12. The molecule has 0 unspecified atom stereocenters. The lowest BCUT2D eigenvalue weighted by atomic mass is 10.1. The van der Waals surface area contributed by atoms with Crippen molar-refractivity contribution in [3.63, 3.8) is 0 Å². The first-order valence-electron chi connectivity index (χ1n) is 4.17. The first kappa shape index (κ1) is 11.2. The van der Waals surface area contributed by atoms with Crippen molar-refractivity contribution in [1.82, 2.24) is 4.90 Å². The molecule has 12 heavy (non-hydrogen) atoms. The predicted molar refractivity (Wildman–Crippen MR) is 49.2 cm³/mol.